The SMILES string of the molecule is O=C1CN(c2cc(F)cc(Cl)c2)C(=O)C2(CCCCC2)N1. The highest BCUT2D eigenvalue weighted by atomic mass is 35.5. The second kappa shape index (κ2) is 5.30. The molecule has 1 spiro atoms. The van der Waals surface area contributed by atoms with Crippen LogP contribution in [0.1, 0.15) is 32.1 Å². The number of carbonyl (C=O) groups is 2. The van der Waals surface area contributed by atoms with E-state index in [9.17, 15) is 14.0 Å². The van der Waals surface area contributed by atoms with E-state index in [2.05, 4.69) is 5.32 Å². The van der Waals surface area contributed by atoms with Gasteiger partial charge in [0, 0.05) is 10.7 Å². The molecule has 2 fully saturated rings. The average Bonchev–Trinajstić information content (AvgIpc) is 2.43. The van der Waals surface area contributed by atoms with Crippen molar-refractivity contribution < 1.29 is 14.0 Å². The first kappa shape index (κ1) is 14.3. The lowest BCUT2D eigenvalue weighted by Gasteiger charge is -2.44. The third-order valence-electron chi connectivity index (χ3n) is 4.20. The monoisotopic (exact) mass is 310 g/mol. The second-order valence-corrected chi connectivity index (χ2v) is 6.15. The van der Waals surface area contributed by atoms with Crippen molar-refractivity contribution >= 4 is 29.1 Å². The van der Waals surface area contributed by atoms with E-state index in [-0.39, 0.29) is 23.4 Å². The highest BCUT2D eigenvalue weighted by molar-refractivity contribution is 6.31. The smallest absolute Gasteiger partial charge is 0.253 e. The Morgan fingerprint density at radius 1 is 1.14 bits per heavy atom. The van der Waals surface area contributed by atoms with Crippen LogP contribution >= 0.6 is 11.6 Å². The Kier molecular flexibility index (Phi) is 3.61. The highest BCUT2D eigenvalue weighted by Gasteiger charge is 2.47. The number of nitrogens with one attached hydrogen (secondary N) is 1. The van der Waals surface area contributed by atoms with Crippen molar-refractivity contribution in [2.45, 2.75) is 37.6 Å². The number of rotatable bonds is 1. The molecule has 3 rings (SSSR count). The van der Waals surface area contributed by atoms with Gasteiger partial charge in [0.25, 0.3) is 5.91 Å². The number of halogens is 2. The van der Waals surface area contributed by atoms with Gasteiger partial charge in [-0.3, -0.25) is 9.59 Å². The normalized spacial score (nSPS) is 21.5. The van der Waals surface area contributed by atoms with Gasteiger partial charge in [0.2, 0.25) is 5.91 Å². The zero-order valence-electron chi connectivity index (χ0n) is 11.5. The molecule has 1 aromatic rings. The van der Waals surface area contributed by atoms with Crippen molar-refractivity contribution in [1.29, 1.82) is 0 Å². The molecule has 1 heterocycles. The number of hydrogen-bond donors (Lipinski definition) is 1. The lowest BCUT2D eigenvalue weighted by molar-refractivity contribution is -0.137. The van der Waals surface area contributed by atoms with E-state index in [4.69, 9.17) is 11.6 Å². The predicted octanol–water partition coefficient (Wildman–Crippen LogP) is 2.64. The summed E-state index contributed by atoms with van der Waals surface area (Å²) in [5.41, 5.74) is -0.489. The van der Waals surface area contributed by atoms with Crippen molar-refractivity contribution in [2.24, 2.45) is 0 Å². The van der Waals surface area contributed by atoms with Gasteiger partial charge < -0.3 is 10.2 Å². The highest BCUT2D eigenvalue weighted by Crippen LogP contribution is 2.34. The molecule has 0 unspecified atom stereocenters. The summed E-state index contributed by atoms with van der Waals surface area (Å²) < 4.78 is 13.5. The summed E-state index contributed by atoms with van der Waals surface area (Å²) >= 11 is 5.85. The van der Waals surface area contributed by atoms with E-state index < -0.39 is 11.4 Å². The van der Waals surface area contributed by atoms with Crippen molar-refractivity contribution in [1.82, 2.24) is 5.32 Å². The van der Waals surface area contributed by atoms with Gasteiger partial charge in [0.15, 0.2) is 0 Å². The van der Waals surface area contributed by atoms with Crippen LogP contribution in [-0.4, -0.2) is 23.9 Å². The molecular formula is C15H16ClFN2O2. The van der Waals surface area contributed by atoms with E-state index in [0.29, 0.717) is 18.5 Å². The maximum absolute atomic E-state index is 13.5. The van der Waals surface area contributed by atoms with Crippen molar-refractivity contribution in [3.05, 3.63) is 29.0 Å². The van der Waals surface area contributed by atoms with E-state index in [1.807, 2.05) is 0 Å². The molecule has 1 saturated carbocycles. The molecule has 0 radical (unpaired) electrons. The molecule has 1 aliphatic heterocycles. The maximum atomic E-state index is 13.5. The molecule has 0 aromatic heterocycles. The number of piperazine rings is 1. The molecule has 112 valence electrons. The summed E-state index contributed by atoms with van der Waals surface area (Å²) in [4.78, 5) is 26.2. The number of benzene rings is 1. The van der Waals surface area contributed by atoms with Crippen LogP contribution in [-0.2, 0) is 9.59 Å². The van der Waals surface area contributed by atoms with Crippen LogP contribution in [0.3, 0.4) is 0 Å². The zero-order chi connectivity index (χ0) is 15.0. The molecule has 6 heteroatoms. The Morgan fingerprint density at radius 3 is 2.52 bits per heavy atom. The average molecular weight is 311 g/mol. The number of amides is 2. The largest absolute Gasteiger partial charge is 0.340 e. The maximum Gasteiger partial charge on any atom is 0.253 e. The molecule has 4 nitrogen and oxygen atoms in total. The van der Waals surface area contributed by atoms with Gasteiger partial charge in [0.1, 0.15) is 17.9 Å². The van der Waals surface area contributed by atoms with E-state index >= 15 is 0 Å². The van der Waals surface area contributed by atoms with E-state index in [1.165, 1.54) is 23.1 Å². The van der Waals surface area contributed by atoms with Crippen LogP contribution < -0.4 is 10.2 Å². The molecule has 0 atom stereocenters. The zero-order valence-corrected chi connectivity index (χ0v) is 12.3. The first-order valence-electron chi connectivity index (χ1n) is 7.09. The summed E-state index contributed by atoms with van der Waals surface area (Å²) in [5.74, 6) is -0.894. The second-order valence-electron chi connectivity index (χ2n) is 5.71. The molecule has 1 N–H and O–H groups in total. The van der Waals surface area contributed by atoms with Crippen molar-refractivity contribution in [3.8, 4) is 0 Å². The van der Waals surface area contributed by atoms with Crippen LogP contribution in [0.4, 0.5) is 10.1 Å². The molecule has 1 saturated heterocycles. The summed E-state index contributed by atoms with van der Waals surface area (Å²) in [6.45, 7) is -0.0969. The van der Waals surface area contributed by atoms with Gasteiger partial charge in [-0.1, -0.05) is 30.9 Å². The first-order chi connectivity index (χ1) is 10.00. The fourth-order valence-corrected chi connectivity index (χ4v) is 3.45. The molecule has 1 aliphatic carbocycles. The molecule has 2 amide bonds. The van der Waals surface area contributed by atoms with Crippen molar-refractivity contribution in [3.63, 3.8) is 0 Å². The summed E-state index contributed by atoms with van der Waals surface area (Å²) in [6, 6.07) is 3.92. The molecule has 1 aromatic carbocycles. The fourth-order valence-electron chi connectivity index (χ4n) is 3.23. The number of hydrogen-bond acceptors (Lipinski definition) is 2. The van der Waals surface area contributed by atoms with Gasteiger partial charge in [-0.15, -0.1) is 0 Å². The Morgan fingerprint density at radius 2 is 1.86 bits per heavy atom. The lowest BCUT2D eigenvalue weighted by atomic mass is 9.79. The number of anilines is 1. The van der Waals surface area contributed by atoms with Gasteiger partial charge in [-0.05, 0) is 31.0 Å². The van der Waals surface area contributed by atoms with Gasteiger partial charge in [0.05, 0.1) is 0 Å². The van der Waals surface area contributed by atoms with Crippen molar-refractivity contribution in [2.75, 3.05) is 11.4 Å². The molecular weight excluding hydrogens is 295 g/mol. The molecule has 21 heavy (non-hydrogen) atoms. The first-order valence-corrected chi connectivity index (χ1v) is 7.47. The minimum Gasteiger partial charge on any atom is -0.340 e. The summed E-state index contributed by atoms with van der Waals surface area (Å²) in [6.07, 6.45) is 4.15. The van der Waals surface area contributed by atoms with Gasteiger partial charge in [-0.25, -0.2) is 4.39 Å². The third kappa shape index (κ3) is 2.62. The Bertz CT molecular complexity index is 579. The minimum atomic E-state index is -0.827. The van der Waals surface area contributed by atoms with Crippen LogP contribution in [0.5, 0.6) is 0 Å². The molecule has 0 bridgehead atoms. The van der Waals surface area contributed by atoms with Crippen LogP contribution in [0, 0.1) is 5.82 Å². The standard InChI is InChI=1S/C15H16ClFN2O2/c16-10-6-11(17)8-12(7-10)19-9-13(20)18-15(14(19)21)4-2-1-3-5-15/h6-8H,1-5,9H2,(H,18,20). The minimum absolute atomic E-state index is 0.0969. The fraction of sp³-hybridized carbons (Fsp3) is 0.467. The van der Waals surface area contributed by atoms with E-state index in [0.717, 1.165) is 19.3 Å². The lowest BCUT2D eigenvalue weighted by Crippen LogP contribution is -2.67. The quantitative estimate of drug-likeness (QED) is 0.867. The third-order valence-corrected chi connectivity index (χ3v) is 4.42. The summed E-state index contributed by atoms with van der Waals surface area (Å²) in [7, 11) is 0. The van der Waals surface area contributed by atoms with Crippen LogP contribution in [0.2, 0.25) is 5.02 Å². The van der Waals surface area contributed by atoms with Gasteiger partial charge in [-0.2, -0.15) is 0 Å². The van der Waals surface area contributed by atoms with Crippen LogP contribution in [0.15, 0.2) is 18.2 Å². The van der Waals surface area contributed by atoms with Gasteiger partial charge >= 0.3 is 0 Å². The predicted molar refractivity (Wildman–Crippen MR) is 77.7 cm³/mol. The topological polar surface area (TPSA) is 49.4 Å². The Hall–Kier alpha value is -1.62. The Labute approximate surface area is 127 Å². The van der Waals surface area contributed by atoms with E-state index in [1.54, 1.807) is 0 Å². The number of carbonyl (C=O) groups excluding carboxylic acids is 2. The Balaban J connectivity index is 1.97. The molecule has 2 aliphatic rings. The van der Waals surface area contributed by atoms with Crippen LogP contribution in [0.25, 0.3) is 0 Å². The summed E-state index contributed by atoms with van der Waals surface area (Å²) in [5, 5.41) is 3.06. The number of nitrogens with zero attached hydrogens (tertiary/aromatic N) is 1.